The number of aliphatic hydroxyl groups is 1. The lowest BCUT2D eigenvalue weighted by Crippen LogP contribution is -2.07. The van der Waals surface area contributed by atoms with Crippen LogP contribution in [0, 0.1) is 0 Å². The number of nitrogens with one attached hydrogen (secondary N) is 1. The van der Waals surface area contributed by atoms with E-state index in [0.29, 0.717) is 6.61 Å². The van der Waals surface area contributed by atoms with Gasteiger partial charge in [0.2, 0.25) is 0 Å². The second kappa shape index (κ2) is 15.7. The summed E-state index contributed by atoms with van der Waals surface area (Å²) in [6.45, 7) is 5.34. The van der Waals surface area contributed by atoms with Crippen molar-refractivity contribution in [1.29, 1.82) is 0 Å². The molecule has 0 aliphatic rings. The van der Waals surface area contributed by atoms with Crippen LogP contribution in [0.5, 0.6) is 0 Å². The Hall–Kier alpha value is -0.0800. The third-order valence-electron chi connectivity index (χ3n) is 0.835. The smallest absolute Gasteiger partial charge is 0.0431 e. The first kappa shape index (κ1) is 11.7. The fraction of sp³-hybridized carbons (Fsp3) is 1.00. The summed E-state index contributed by atoms with van der Waals surface area (Å²) < 4.78 is 0. The van der Waals surface area contributed by atoms with Crippen LogP contribution < -0.4 is 5.32 Å². The van der Waals surface area contributed by atoms with E-state index in [9.17, 15) is 0 Å². The van der Waals surface area contributed by atoms with E-state index in [4.69, 9.17) is 5.11 Å². The first-order valence-electron chi connectivity index (χ1n) is 3.67. The van der Waals surface area contributed by atoms with E-state index in [1.807, 2.05) is 20.9 Å². The van der Waals surface area contributed by atoms with Crippen LogP contribution in [0.3, 0.4) is 0 Å². The van der Waals surface area contributed by atoms with Gasteiger partial charge in [0.25, 0.3) is 0 Å². The van der Waals surface area contributed by atoms with Gasteiger partial charge >= 0.3 is 0 Å². The van der Waals surface area contributed by atoms with E-state index >= 15 is 0 Å². The summed E-state index contributed by atoms with van der Waals surface area (Å²) in [5.41, 5.74) is 0. The van der Waals surface area contributed by atoms with E-state index in [2.05, 4.69) is 5.32 Å². The SMILES string of the molecule is CC.CNCCCCO. The summed E-state index contributed by atoms with van der Waals surface area (Å²) >= 11 is 0. The lowest BCUT2D eigenvalue weighted by atomic mass is 10.3. The second-order valence-corrected chi connectivity index (χ2v) is 1.53. The van der Waals surface area contributed by atoms with Crippen LogP contribution >= 0.6 is 0 Å². The third-order valence-corrected chi connectivity index (χ3v) is 0.835. The van der Waals surface area contributed by atoms with Crippen molar-refractivity contribution in [2.24, 2.45) is 0 Å². The van der Waals surface area contributed by atoms with Gasteiger partial charge in [0.05, 0.1) is 0 Å². The van der Waals surface area contributed by atoms with Crippen LogP contribution in [0.1, 0.15) is 26.7 Å². The maximum atomic E-state index is 8.27. The Morgan fingerprint density at radius 2 is 1.78 bits per heavy atom. The lowest BCUT2D eigenvalue weighted by Gasteiger charge is -1.92. The van der Waals surface area contributed by atoms with Gasteiger partial charge in [0.1, 0.15) is 0 Å². The molecule has 0 amide bonds. The van der Waals surface area contributed by atoms with Gasteiger partial charge in [0.15, 0.2) is 0 Å². The molecule has 0 atom stereocenters. The molecule has 0 bridgehead atoms. The van der Waals surface area contributed by atoms with Gasteiger partial charge < -0.3 is 10.4 Å². The topological polar surface area (TPSA) is 32.3 Å². The molecule has 0 fully saturated rings. The molecule has 0 saturated heterocycles. The Labute approximate surface area is 58.3 Å². The lowest BCUT2D eigenvalue weighted by molar-refractivity contribution is 0.284. The molecular weight excluding hydrogens is 114 g/mol. The van der Waals surface area contributed by atoms with E-state index < -0.39 is 0 Å². The molecular formula is C7H19NO. The van der Waals surface area contributed by atoms with E-state index in [1.54, 1.807) is 0 Å². The van der Waals surface area contributed by atoms with Gasteiger partial charge in [-0.2, -0.15) is 0 Å². The fourth-order valence-corrected chi connectivity index (χ4v) is 0.414. The molecule has 0 aliphatic carbocycles. The maximum Gasteiger partial charge on any atom is 0.0431 e. The quantitative estimate of drug-likeness (QED) is 0.561. The Bertz CT molecular complexity index is 28.1. The molecule has 0 saturated carbocycles. The van der Waals surface area contributed by atoms with Crippen molar-refractivity contribution in [3.63, 3.8) is 0 Å². The normalized spacial score (nSPS) is 8.00. The number of aliphatic hydroxyl groups excluding tert-OH is 1. The van der Waals surface area contributed by atoms with Crippen LogP contribution in [-0.4, -0.2) is 25.3 Å². The molecule has 0 spiro atoms. The summed E-state index contributed by atoms with van der Waals surface area (Å²) in [5.74, 6) is 0. The summed E-state index contributed by atoms with van der Waals surface area (Å²) in [4.78, 5) is 0. The molecule has 0 aromatic carbocycles. The van der Waals surface area contributed by atoms with Crippen LogP contribution in [-0.2, 0) is 0 Å². The zero-order valence-electron chi connectivity index (χ0n) is 6.78. The Morgan fingerprint density at radius 3 is 2.11 bits per heavy atom. The van der Waals surface area contributed by atoms with E-state index in [0.717, 1.165) is 19.4 Å². The summed E-state index contributed by atoms with van der Waals surface area (Å²) in [5, 5.41) is 11.3. The van der Waals surface area contributed by atoms with E-state index in [1.165, 1.54) is 0 Å². The molecule has 0 heterocycles. The Balaban J connectivity index is 0. The van der Waals surface area contributed by atoms with Crippen molar-refractivity contribution in [1.82, 2.24) is 5.32 Å². The molecule has 2 N–H and O–H groups in total. The van der Waals surface area contributed by atoms with Crippen molar-refractivity contribution in [3.05, 3.63) is 0 Å². The predicted octanol–water partition coefficient (Wildman–Crippen LogP) is 1.00. The van der Waals surface area contributed by atoms with Gasteiger partial charge in [-0.3, -0.25) is 0 Å². The molecule has 2 nitrogen and oxygen atoms in total. The van der Waals surface area contributed by atoms with Gasteiger partial charge in [-0.05, 0) is 26.4 Å². The summed E-state index contributed by atoms with van der Waals surface area (Å²) in [6.07, 6.45) is 1.99. The average Bonchev–Trinajstić information content (AvgIpc) is 1.94. The predicted molar refractivity (Wildman–Crippen MR) is 41.6 cm³/mol. The molecule has 9 heavy (non-hydrogen) atoms. The van der Waals surface area contributed by atoms with E-state index in [-0.39, 0.29) is 0 Å². The highest BCUT2D eigenvalue weighted by atomic mass is 16.2. The molecule has 0 rings (SSSR count). The van der Waals surface area contributed by atoms with Crippen molar-refractivity contribution in [2.45, 2.75) is 26.7 Å². The number of hydrogen-bond acceptors (Lipinski definition) is 2. The number of unbranched alkanes of at least 4 members (excludes halogenated alkanes) is 1. The highest BCUT2D eigenvalue weighted by Gasteiger charge is 1.79. The fourth-order valence-electron chi connectivity index (χ4n) is 0.414. The van der Waals surface area contributed by atoms with Gasteiger partial charge in [-0.15, -0.1) is 0 Å². The molecule has 58 valence electrons. The van der Waals surface area contributed by atoms with Crippen LogP contribution in [0.2, 0.25) is 0 Å². The van der Waals surface area contributed by atoms with Crippen molar-refractivity contribution in [2.75, 3.05) is 20.2 Å². The van der Waals surface area contributed by atoms with Gasteiger partial charge in [-0.1, -0.05) is 13.8 Å². The minimum Gasteiger partial charge on any atom is -0.396 e. The first-order valence-corrected chi connectivity index (χ1v) is 3.67. The van der Waals surface area contributed by atoms with Gasteiger partial charge in [-0.25, -0.2) is 0 Å². The monoisotopic (exact) mass is 133 g/mol. The second-order valence-electron chi connectivity index (χ2n) is 1.53. The Morgan fingerprint density at radius 1 is 1.22 bits per heavy atom. The van der Waals surface area contributed by atoms with Crippen LogP contribution in [0.4, 0.5) is 0 Å². The minimum atomic E-state index is 0.321. The molecule has 0 unspecified atom stereocenters. The largest absolute Gasteiger partial charge is 0.396 e. The third kappa shape index (κ3) is 18.1. The molecule has 0 radical (unpaired) electrons. The summed E-state index contributed by atoms with van der Waals surface area (Å²) in [6, 6.07) is 0. The molecule has 2 heteroatoms. The number of hydrogen-bond donors (Lipinski definition) is 2. The summed E-state index contributed by atoms with van der Waals surface area (Å²) in [7, 11) is 1.91. The van der Waals surface area contributed by atoms with Crippen molar-refractivity contribution in [3.8, 4) is 0 Å². The van der Waals surface area contributed by atoms with Crippen molar-refractivity contribution < 1.29 is 5.11 Å². The minimum absolute atomic E-state index is 0.321. The molecule has 0 aromatic heterocycles. The highest BCUT2D eigenvalue weighted by Crippen LogP contribution is 1.81. The van der Waals surface area contributed by atoms with Gasteiger partial charge in [0, 0.05) is 6.61 Å². The van der Waals surface area contributed by atoms with Crippen LogP contribution in [0.25, 0.3) is 0 Å². The maximum absolute atomic E-state index is 8.27. The highest BCUT2D eigenvalue weighted by molar-refractivity contribution is 4.38. The molecule has 0 aliphatic heterocycles. The zero-order chi connectivity index (χ0) is 7.54. The van der Waals surface area contributed by atoms with Crippen LogP contribution in [0.15, 0.2) is 0 Å². The molecule has 0 aromatic rings. The average molecular weight is 133 g/mol. The standard InChI is InChI=1S/C5H13NO.C2H6/c1-6-4-2-3-5-7;1-2/h6-7H,2-5H2,1H3;1-2H3. The first-order chi connectivity index (χ1) is 4.41. The Kier molecular flexibility index (Phi) is 20.3. The van der Waals surface area contributed by atoms with Crippen molar-refractivity contribution >= 4 is 0 Å². The zero-order valence-corrected chi connectivity index (χ0v) is 6.78. The number of rotatable bonds is 4.